The first-order chi connectivity index (χ1) is 10.1. The summed E-state index contributed by atoms with van der Waals surface area (Å²) in [6.45, 7) is 7.72. The molecule has 1 aromatic carbocycles. The van der Waals surface area contributed by atoms with Gasteiger partial charge < -0.3 is 14.7 Å². The molecule has 0 radical (unpaired) electrons. The lowest BCUT2D eigenvalue weighted by Gasteiger charge is -2.40. The van der Waals surface area contributed by atoms with Gasteiger partial charge in [-0.2, -0.15) is 0 Å². The van der Waals surface area contributed by atoms with E-state index in [2.05, 4.69) is 30.9 Å². The third-order valence-electron chi connectivity index (χ3n) is 4.95. The lowest BCUT2D eigenvalue weighted by atomic mass is 9.83. The number of hydrogen-bond acceptors (Lipinski definition) is 3. The first-order valence-electron chi connectivity index (χ1n) is 8.32. The van der Waals surface area contributed by atoms with E-state index < -0.39 is 0 Å². The highest BCUT2D eigenvalue weighted by Crippen LogP contribution is 2.44. The van der Waals surface area contributed by atoms with Crippen molar-refractivity contribution in [2.75, 3.05) is 19.6 Å². The van der Waals surface area contributed by atoms with Gasteiger partial charge in [0, 0.05) is 18.5 Å². The first-order valence-corrected chi connectivity index (χ1v) is 8.32. The molecular weight excluding hydrogens is 262 g/mol. The van der Waals surface area contributed by atoms with Crippen LogP contribution in [0, 0.1) is 6.92 Å². The van der Waals surface area contributed by atoms with Crippen LogP contribution in [0.1, 0.15) is 56.3 Å². The molecule has 21 heavy (non-hydrogen) atoms. The van der Waals surface area contributed by atoms with Gasteiger partial charge in [-0.05, 0) is 57.8 Å². The van der Waals surface area contributed by atoms with Crippen LogP contribution < -0.4 is 4.74 Å². The van der Waals surface area contributed by atoms with Gasteiger partial charge in [0.05, 0.1) is 6.10 Å². The zero-order valence-corrected chi connectivity index (χ0v) is 13.3. The van der Waals surface area contributed by atoms with Gasteiger partial charge in [0.15, 0.2) is 0 Å². The molecule has 3 heteroatoms. The van der Waals surface area contributed by atoms with Crippen LogP contribution in [0.3, 0.4) is 0 Å². The topological polar surface area (TPSA) is 32.7 Å². The summed E-state index contributed by atoms with van der Waals surface area (Å²) in [6.07, 6.45) is 4.80. The minimum Gasteiger partial charge on any atom is -0.487 e. The monoisotopic (exact) mass is 289 g/mol. The van der Waals surface area contributed by atoms with Gasteiger partial charge in [-0.3, -0.25) is 0 Å². The Morgan fingerprint density at radius 3 is 3.00 bits per heavy atom. The van der Waals surface area contributed by atoms with E-state index in [1.165, 1.54) is 18.5 Å². The summed E-state index contributed by atoms with van der Waals surface area (Å²) in [4.78, 5) is 2.54. The second kappa shape index (κ2) is 5.98. The van der Waals surface area contributed by atoms with Crippen molar-refractivity contribution >= 4 is 0 Å². The molecule has 2 atom stereocenters. The van der Waals surface area contributed by atoms with Crippen molar-refractivity contribution in [3.05, 3.63) is 29.3 Å². The predicted molar refractivity (Wildman–Crippen MR) is 84.7 cm³/mol. The molecule has 2 heterocycles. The van der Waals surface area contributed by atoms with Gasteiger partial charge in [-0.25, -0.2) is 0 Å². The fraction of sp³-hybridized carbons (Fsp3) is 0.667. The van der Waals surface area contributed by atoms with Crippen molar-refractivity contribution in [1.82, 2.24) is 4.90 Å². The molecule has 0 aliphatic carbocycles. The number of likely N-dealkylation sites (tertiary alicyclic amines) is 1. The van der Waals surface area contributed by atoms with E-state index in [1.807, 2.05) is 6.07 Å². The highest BCUT2D eigenvalue weighted by atomic mass is 16.5. The van der Waals surface area contributed by atoms with E-state index in [0.717, 1.165) is 50.1 Å². The number of benzene rings is 1. The van der Waals surface area contributed by atoms with Crippen molar-refractivity contribution in [2.24, 2.45) is 0 Å². The number of nitrogens with zero attached hydrogens (tertiary/aromatic N) is 1. The van der Waals surface area contributed by atoms with E-state index in [0.29, 0.717) is 0 Å². The molecule has 1 spiro atoms. The molecule has 3 nitrogen and oxygen atoms in total. The molecule has 0 bridgehead atoms. The number of aryl methyl sites for hydroxylation is 1. The van der Waals surface area contributed by atoms with E-state index in [1.54, 1.807) is 0 Å². The van der Waals surface area contributed by atoms with Gasteiger partial charge >= 0.3 is 0 Å². The van der Waals surface area contributed by atoms with Crippen LogP contribution in [0.4, 0.5) is 0 Å². The molecule has 2 unspecified atom stereocenters. The second-order valence-electron chi connectivity index (χ2n) is 6.74. The number of hydrogen-bond donors (Lipinski definition) is 1. The fourth-order valence-corrected chi connectivity index (χ4v) is 3.83. The van der Waals surface area contributed by atoms with Crippen LogP contribution in [0.5, 0.6) is 5.75 Å². The maximum atomic E-state index is 10.6. The van der Waals surface area contributed by atoms with Gasteiger partial charge in [-0.1, -0.05) is 18.6 Å². The van der Waals surface area contributed by atoms with Crippen LogP contribution in [-0.2, 0) is 0 Å². The average Bonchev–Trinajstić information content (AvgIpc) is 2.64. The summed E-state index contributed by atoms with van der Waals surface area (Å²) in [6, 6.07) is 6.17. The number of rotatable bonds is 2. The lowest BCUT2D eigenvalue weighted by Crippen LogP contribution is -2.42. The molecule has 0 amide bonds. The largest absolute Gasteiger partial charge is 0.487 e. The van der Waals surface area contributed by atoms with Crippen molar-refractivity contribution < 1.29 is 9.84 Å². The zero-order valence-electron chi connectivity index (χ0n) is 13.3. The summed E-state index contributed by atoms with van der Waals surface area (Å²) in [7, 11) is 0. The molecule has 1 fully saturated rings. The molecule has 1 saturated heterocycles. The third-order valence-corrected chi connectivity index (χ3v) is 4.95. The summed E-state index contributed by atoms with van der Waals surface area (Å²) >= 11 is 0. The molecule has 2 aliphatic heterocycles. The molecular formula is C18H27NO2. The number of aliphatic hydroxyl groups excluding tert-OH is 1. The predicted octanol–water partition coefficient (Wildman–Crippen LogP) is 3.45. The van der Waals surface area contributed by atoms with Crippen molar-refractivity contribution in [3.63, 3.8) is 0 Å². The molecule has 1 N–H and O–H groups in total. The Hall–Kier alpha value is -1.06. The first kappa shape index (κ1) is 14.9. The maximum Gasteiger partial charge on any atom is 0.125 e. The van der Waals surface area contributed by atoms with Gasteiger partial charge in [0.2, 0.25) is 0 Å². The Morgan fingerprint density at radius 1 is 1.33 bits per heavy atom. The van der Waals surface area contributed by atoms with Gasteiger partial charge in [0.25, 0.3) is 0 Å². The average molecular weight is 289 g/mol. The second-order valence-corrected chi connectivity index (χ2v) is 6.74. The highest BCUT2D eigenvalue weighted by Gasteiger charge is 2.41. The van der Waals surface area contributed by atoms with Gasteiger partial charge in [0.1, 0.15) is 11.4 Å². The number of aliphatic hydroxyl groups is 1. The summed E-state index contributed by atoms with van der Waals surface area (Å²) in [5.41, 5.74) is 1.99. The van der Waals surface area contributed by atoms with E-state index >= 15 is 0 Å². The summed E-state index contributed by atoms with van der Waals surface area (Å²) in [5.74, 6) is 0.892. The Labute approximate surface area is 127 Å². The number of ether oxygens (including phenoxy) is 1. The third kappa shape index (κ3) is 3.09. The molecule has 0 saturated carbocycles. The normalized spacial score (nSPS) is 29.8. The molecule has 116 valence electrons. The SMILES string of the molecule is CCCN1CCCC2(CC1)CC(O)c1cc(C)ccc1O2. The Balaban J connectivity index is 1.79. The van der Waals surface area contributed by atoms with Crippen molar-refractivity contribution in [3.8, 4) is 5.75 Å². The van der Waals surface area contributed by atoms with Crippen LogP contribution in [0.15, 0.2) is 18.2 Å². The molecule has 2 aliphatic rings. The minimum atomic E-state index is -0.383. The quantitative estimate of drug-likeness (QED) is 0.905. The summed E-state index contributed by atoms with van der Waals surface area (Å²) < 4.78 is 6.41. The zero-order chi connectivity index (χ0) is 14.9. The van der Waals surface area contributed by atoms with E-state index in [9.17, 15) is 5.11 Å². The Morgan fingerprint density at radius 2 is 2.19 bits per heavy atom. The van der Waals surface area contributed by atoms with Crippen LogP contribution in [0.25, 0.3) is 0 Å². The van der Waals surface area contributed by atoms with Crippen LogP contribution in [-0.4, -0.2) is 35.2 Å². The van der Waals surface area contributed by atoms with Crippen molar-refractivity contribution in [2.45, 2.75) is 57.7 Å². The minimum absolute atomic E-state index is 0.163. The van der Waals surface area contributed by atoms with Crippen LogP contribution in [0.2, 0.25) is 0 Å². The number of fused-ring (bicyclic) bond motifs is 1. The fourth-order valence-electron chi connectivity index (χ4n) is 3.83. The molecule has 3 rings (SSSR count). The molecule has 0 aromatic heterocycles. The van der Waals surface area contributed by atoms with Crippen LogP contribution >= 0.6 is 0 Å². The van der Waals surface area contributed by atoms with E-state index in [4.69, 9.17) is 4.74 Å². The maximum absolute atomic E-state index is 10.6. The standard InChI is InChI=1S/C18H27NO2/c1-3-9-19-10-4-7-18(8-11-19)13-16(20)15-12-14(2)5-6-17(15)21-18/h5-6,12,16,20H,3-4,7-11,13H2,1-2H3. The van der Waals surface area contributed by atoms with E-state index in [-0.39, 0.29) is 11.7 Å². The smallest absolute Gasteiger partial charge is 0.125 e. The lowest BCUT2D eigenvalue weighted by molar-refractivity contribution is -0.0239. The Kier molecular flexibility index (Phi) is 4.23. The van der Waals surface area contributed by atoms with Gasteiger partial charge in [-0.15, -0.1) is 0 Å². The summed E-state index contributed by atoms with van der Waals surface area (Å²) in [5, 5.41) is 10.6. The molecule has 1 aromatic rings. The highest BCUT2D eigenvalue weighted by molar-refractivity contribution is 5.41. The Bertz CT molecular complexity index is 502. The van der Waals surface area contributed by atoms with Crippen molar-refractivity contribution in [1.29, 1.82) is 0 Å².